The molecule has 0 radical (unpaired) electrons. The molecule has 1 amide bonds. The monoisotopic (exact) mass is 394 g/mol. The zero-order valence-corrected chi connectivity index (χ0v) is 15.8. The first-order chi connectivity index (χ1) is 12.8. The number of rotatable bonds is 6. The van der Waals surface area contributed by atoms with E-state index in [-0.39, 0.29) is 30.5 Å². The van der Waals surface area contributed by atoms with Gasteiger partial charge in [-0.25, -0.2) is 22.1 Å². The lowest BCUT2D eigenvalue weighted by atomic mass is 9.97. The maximum Gasteiger partial charge on any atom is 0.266 e. The molecule has 2 aromatic heterocycles. The molecule has 146 valence electrons. The van der Waals surface area contributed by atoms with E-state index < -0.39 is 10.0 Å². The maximum absolute atomic E-state index is 12.3. The molecule has 1 fully saturated rings. The Kier molecular flexibility index (Phi) is 5.71. The molecule has 1 N–H and O–H groups in total. The molecule has 0 aromatic carbocycles. The Morgan fingerprint density at radius 2 is 2.04 bits per heavy atom. The Morgan fingerprint density at radius 3 is 2.67 bits per heavy atom. The number of hydrogen-bond donors (Lipinski definition) is 1. The van der Waals surface area contributed by atoms with Crippen molar-refractivity contribution in [3.63, 3.8) is 0 Å². The van der Waals surface area contributed by atoms with Gasteiger partial charge in [-0.15, -0.1) is 5.10 Å². The van der Waals surface area contributed by atoms with Gasteiger partial charge in [-0.05, 0) is 25.0 Å². The molecule has 3 heterocycles. The normalized spacial score (nSPS) is 16.3. The first-order valence-electron chi connectivity index (χ1n) is 8.65. The zero-order chi connectivity index (χ0) is 19.4. The van der Waals surface area contributed by atoms with Crippen molar-refractivity contribution in [3.8, 4) is 5.82 Å². The first-order valence-corrected chi connectivity index (χ1v) is 10.5. The number of nitrogens with zero attached hydrogens (tertiary/aromatic N) is 5. The summed E-state index contributed by atoms with van der Waals surface area (Å²) in [4.78, 5) is 24.2. The topological polar surface area (TPSA) is 119 Å². The molecular formula is C16H22N6O4S. The number of nitrogens with one attached hydrogen (secondary N) is 1. The highest BCUT2D eigenvalue weighted by Crippen LogP contribution is 2.19. The van der Waals surface area contributed by atoms with Gasteiger partial charge in [0.25, 0.3) is 5.56 Å². The van der Waals surface area contributed by atoms with Crippen LogP contribution in [0.25, 0.3) is 5.82 Å². The molecule has 0 saturated carbocycles. The van der Waals surface area contributed by atoms with Crippen LogP contribution in [0, 0.1) is 5.92 Å². The summed E-state index contributed by atoms with van der Waals surface area (Å²) >= 11 is 0. The molecule has 1 aliphatic rings. The highest BCUT2D eigenvalue weighted by atomic mass is 32.2. The smallest absolute Gasteiger partial charge is 0.266 e. The van der Waals surface area contributed by atoms with Crippen molar-refractivity contribution in [3.05, 3.63) is 40.9 Å². The highest BCUT2D eigenvalue weighted by Gasteiger charge is 2.28. The van der Waals surface area contributed by atoms with E-state index in [1.807, 2.05) is 0 Å². The Balaban J connectivity index is 1.52. The van der Waals surface area contributed by atoms with Gasteiger partial charge >= 0.3 is 0 Å². The van der Waals surface area contributed by atoms with E-state index in [2.05, 4.69) is 15.5 Å². The van der Waals surface area contributed by atoms with Crippen LogP contribution in [0.2, 0.25) is 0 Å². The van der Waals surface area contributed by atoms with Crippen molar-refractivity contribution in [1.29, 1.82) is 0 Å². The zero-order valence-electron chi connectivity index (χ0n) is 15.0. The fraction of sp³-hybridized carbons (Fsp3) is 0.500. The van der Waals surface area contributed by atoms with E-state index in [0.717, 1.165) is 0 Å². The maximum atomic E-state index is 12.3. The fourth-order valence-electron chi connectivity index (χ4n) is 3.00. The van der Waals surface area contributed by atoms with Gasteiger partial charge in [0.2, 0.25) is 15.9 Å². The Bertz CT molecular complexity index is 946. The lowest BCUT2D eigenvalue weighted by Crippen LogP contribution is -2.43. The van der Waals surface area contributed by atoms with E-state index in [9.17, 15) is 18.0 Å². The van der Waals surface area contributed by atoms with Crippen LogP contribution in [0.4, 0.5) is 0 Å². The summed E-state index contributed by atoms with van der Waals surface area (Å²) in [6.07, 6.45) is 5.50. The second kappa shape index (κ2) is 8.01. The number of sulfonamides is 1. The molecule has 2 aromatic rings. The molecule has 0 atom stereocenters. The number of aromatic nitrogens is 4. The molecule has 10 nitrogen and oxygen atoms in total. The molecule has 1 saturated heterocycles. The molecule has 0 bridgehead atoms. The molecule has 11 heteroatoms. The van der Waals surface area contributed by atoms with Crippen molar-refractivity contribution in [1.82, 2.24) is 29.2 Å². The number of carbonyl (C=O) groups excluding carboxylic acids is 1. The predicted molar refractivity (Wildman–Crippen MR) is 97.8 cm³/mol. The van der Waals surface area contributed by atoms with Crippen LogP contribution in [0.3, 0.4) is 0 Å². The van der Waals surface area contributed by atoms with E-state index in [1.54, 1.807) is 29.2 Å². The summed E-state index contributed by atoms with van der Waals surface area (Å²) in [6, 6.07) is 4.75. The van der Waals surface area contributed by atoms with E-state index in [0.29, 0.717) is 31.7 Å². The van der Waals surface area contributed by atoms with Crippen LogP contribution in [0.5, 0.6) is 0 Å². The van der Waals surface area contributed by atoms with Crippen LogP contribution in [-0.4, -0.2) is 64.1 Å². The Morgan fingerprint density at radius 1 is 1.30 bits per heavy atom. The van der Waals surface area contributed by atoms with Crippen molar-refractivity contribution in [2.75, 3.05) is 25.9 Å². The molecule has 1 aliphatic heterocycles. The SMILES string of the molecule is CS(=O)(=O)N1CCC(C(=O)NCCn2nc(-n3cccn3)ccc2=O)CC1. The second-order valence-electron chi connectivity index (χ2n) is 6.43. The number of carbonyl (C=O) groups is 1. The van der Waals surface area contributed by atoms with Gasteiger partial charge in [-0.1, -0.05) is 0 Å². The Labute approximate surface area is 156 Å². The van der Waals surface area contributed by atoms with Crippen LogP contribution in [-0.2, 0) is 21.4 Å². The van der Waals surface area contributed by atoms with E-state index >= 15 is 0 Å². The van der Waals surface area contributed by atoms with Gasteiger partial charge in [-0.3, -0.25) is 9.59 Å². The molecule has 3 rings (SSSR count). The van der Waals surface area contributed by atoms with Crippen LogP contribution in [0.1, 0.15) is 12.8 Å². The summed E-state index contributed by atoms with van der Waals surface area (Å²) in [5.41, 5.74) is -0.262. The predicted octanol–water partition coefficient (Wildman–Crippen LogP) is -0.783. The molecule has 0 unspecified atom stereocenters. The van der Waals surface area contributed by atoms with Gasteiger partial charge in [0.05, 0.1) is 12.8 Å². The van der Waals surface area contributed by atoms with Gasteiger partial charge < -0.3 is 5.32 Å². The van der Waals surface area contributed by atoms with Gasteiger partial charge in [0.1, 0.15) is 0 Å². The summed E-state index contributed by atoms with van der Waals surface area (Å²) < 4.78 is 27.2. The summed E-state index contributed by atoms with van der Waals surface area (Å²) in [6.45, 7) is 1.20. The third-order valence-electron chi connectivity index (χ3n) is 4.51. The van der Waals surface area contributed by atoms with Crippen LogP contribution >= 0.6 is 0 Å². The lowest BCUT2D eigenvalue weighted by Gasteiger charge is -2.29. The third kappa shape index (κ3) is 4.80. The number of amides is 1. The van der Waals surface area contributed by atoms with Crippen LogP contribution in [0.15, 0.2) is 35.4 Å². The molecule has 27 heavy (non-hydrogen) atoms. The van der Waals surface area contributed by atoms with Gasteiger partial charge in [-0.2, -0.15) is 5.10 Å². The minimum atomic E-state index is -3.21. The first kappa shape index (κ1) is 19.2. The number of piperidine rings is 1. The minimum absolute atomic E-state index is 0.126. The van der Waals surface area contributed by atoms with Gasteiger partial charge in [0.15, 0.2) is 5.82 Å². The standard InChI is InChI=1S/C16H22N6O4S/c1-27(25,26)20-10-5-13(6-11-20)16(24)17-8-12-22-15(23)4-3-14(19-22)21-9-2-7-18-21/h2-4,7,9,13H,5-6,8,10-12H2,1H3,(H,17,24). The molecule has 0 aliphatic carbocycles. The number of hydrogen-bond acceptors (Lipinski definition) is 6. The van der Waals surface area contributed by atoms with Crippen molar-refractivity contribution < 1.29 is 13.2 Å². The summed E-state index contributed by atoms with van der Waals surface area (Å²) in [5.74, 6) is 0.168. The van der Waals surface area contributed by atoms with Crippen molar-refractivity contribution >= 4 is 15.9 Å². The largest absolute Gasteiger partial charge is 0.354 e. The quantitative estimate of drug-likeness (QED) is 0.686. The average molecular weight is 394 g/mol. The molecule has 0 spiro atoms. The summed E-state index contributed by atoms with van der Waals surface area (Å²) in [7, 11) is -3.21. The minimum Gasteiger partial charge on any atom is -0.354 e. The van der Waals surface area contributed by atoms with E-state index in [4.69, 9.17) is 0 Å². The molecular weight excluding hydrogens is 372 g/mol. The van der Waals surface area contributed by atoms with Crippen LogP contribution < -0.4 is 10.9 Å². The second-order valence-corrected chi connectivity index (χ2v) is 8.41. The van der Waals surface area contributed by atoms with Gasteiger partial charge in [0, 0.05) is 44.0 Å². The summed E-state index contributed by atoms with van der Waals surface area (Å²) in [5, 5.41) is 11.1. The highest BCUT2D eigenvalue weighted by molar-refractivity contribution is 7.88. The Hall–Kier alpha value is -2.53. The van der Waals surface area contributed by atoms with Crippen molar-refractivity contribution in [2.45, 2.75) is 19.4 Å². The third-order valence-corrected chi connectivity index (χ3v) is 5.81. The lowest BCUT2D eigenvalue weighted by molar-refractivity contribution is -0.126. The average Bonchev–Trinajstić information content (AvgIpc) is 3.17. The van der Waals surface area contributed by atoms with Crippen molar-refractivity contribution in [2.24, 2.45) is 5.92 Å². The fourth-order valence-corrected chi connectivity index (χ4v) is 3.88. The van der Waals surface area contributed by atoms with E-state index in [1.165, 1.54) is 21.3 Å².